The molecule has 0 saturated heterocycles. The number of carbonyl (C=O) groups excluding carboxylic acids is 1. The van der Waals surface area contributed by atoms with Crippen molar-refractivity contribution in [3.05, 3.63) is 12.2 Å². The van der Waals surface area contributed by atoms with Crippen molar-refractivity contribution in [1.82, 2.24) is 0 Å². The van der Waals surface area contributed by atoms with E-state index in [1.54, 1.807) is 6.92 Å². The highest BCUT2D eigenvalue weighted by molar-refractivity contribution is 5.87. The summed E-state index contributed by atoms with van der Waals surface area (Å²) in [6.45, 7) is 7.03. The molecule has 4 aliphatic rings. The Kier molecular flexibility index (Phi) is 2.50. The lowest BCUT2D eigenvalue weighted by molar-refractivity contribution is -0.298. The number of hydrogen-bond donors (Lipinski definition) is 2. The number of ether oxygens (including phenoxy) is 1. The summed E-state index contributed by atoms with van der Waals surface area (Å²) < 4.78 is 5.62. The predicted molar refractivity (Wildman–Crippen MR) is 69.3 cm³/mol. The van der Waals surface area contributed by atoms with E-state index >= 15 is 0 Å². The van der Waals surface area contributed by atoms with Crippen LogP contribution in [0.4, 0.5) is 0 Å². The minimum absolute atomic E-state index is 0.0343. The van der Waals surface area contributed by atoms with E-state index in [-0.39, 0.29) is 5.92 Å². The average molecular weight is 266 g/mol. The molecule has 4 heteroatoms. The van der Waals surface area contributed by atoms with Gasteiger partial charge in [-0.1, -0.05) is 6.58 Å². The molecule has 4 aliphatic carbocycles. The van der Waals surface area contributed by atoms with Crippen molar-refractivity contribution >= 4 is 5.97 Å². The van der Waals surface area contributed by atoms with Crippen molar-refractivity contribution in [3.8, 4) is 0 Å². The first-order valence-corrected chi connectivity index (χ1v) is 7.01. The van der Waals surface area contributed by atoms with Crippen LogP contribution in [0.25, 0.3) is 0 Å². The van der Waals surface area contributed by atoms with Crippen LogP contribution in [-0.4, -0.2) is 33.0 Å². The number of rotatable bonds is 2. The molecule has 0 aromatic rings. The molecule has 4 fully saturated rings. The Morgan fingerprint density at radius 3 is 2.53 bits per heavy atom. The van der Waals surface area contributed by atoms with Gasteiger partial charge >= 0.3 is 5.97 Å². The summed E-state index contributed by atoms with van der Waals surface area (Å²) >= 11 is 0. The maximum Gasteiger partial charge on any atom is 0.333 e. The third kappa shape index (κ3) is 1.69. The van der Waals surface area contributed by atoms with Crippen molar-refractivity contribution in [2.75, 3.05) is 0 Å². The van der Waals surface area contributed by atoms with Gasteiger partial charge in [-0.15, -0.1) is 0 Å². The number of aliphatic hydroxyl groups is 2. The van der Waals surface area contributed by atoms with E-state index in [2.05, 4.69) is 6.58 Å². The molecule has 4 rings (SSSR count). The summed E-state index contributed by atoms with van der Waals surface area (Å²) in [7, 11) is 0. The van der Waals surface area contributed by atoms with Crippen molar-refractivity contribution in [2.24, 2.45) is 11.8 Å². The van der Waals surface area contributed by atoms with Gasteiger partial charge < -0.3 is 14.9 Å². The van der Waals surface area contributed by atoms with Gasteiger partial charge in [-0.25, -0.2) is 4.79 Å². The van der Waals surface area contributed by atoms with E-state index < -0.39 is 22.8 Å². The normalized spacial score (nSPS) is 51.2. The second-order valence-electron chi connectivity index (χ2n) is 7.12. The van der Waals surface area contributed by atoms with Crippen LogP contribution in [0.15, 0.2) is 12.2 Å². The fraction of sp³-hybridized carbons (Fsp3) is 0.800. The van der Waals surface area contributed by atoms with Crippen LogP contribution in [0.1, 0.15) is 46.0 Å². The number of esters is 1. The van der Waals surface area contributed by atoms with Crippen molar-refractivity contribution in [1.29, 1.82) is 0 Å². The van der Waals surface area contributed by atoms with Crippen LogP contribution in [0.2, 0.25) is 0 Å². The quantitative estimate of drug-likeness (QED) is 0.588. The SMILES string of the molecule is C=C(C)C(=O)OC1(C)C2CC3CC(O)(C2)CC1(O)C3. The van der Waals surface area contributed by atoms with Crippen LogP contribution in [0.3, 0.4) is 0 Å². The number of hydrogen-bond acceptors (Lipinski definition) is 4. The smallest absolute Gasteiger partial charge is 0.333 e. The van der Waals surface area contributed by atoms with Crippen molar-refractivity contribution in [3.63, 3.8) is 0 Å². The van der Waals surface area contributed by atoms with Crippen molar-refractivity contribution < 1.29 is 19.7 Å². The predicted octanol–water partition coefficient (Wildman–Crippen LogP) is 1.55. The summed E-state index contributed by atoms with van der Waals surface area (Å²) in [5.41, 5.74) is -2.42. The molecule has 5 unspecified atom stereocenters. The molecule has 0 spiro atoms. The van der Waals surface area contributed by atoms with E-state index in [4.69, 9.17) is 4.74 Å². The highest BCUT2D eigenvalue weighted by Crippen LogP contribution is 2.62. The molecule has 4 nitrogen and oxygen atoms in total. The maximum absolute atomic E-state index is 11.9. The van der Waals surface area contributed by atoms with Gasteiger partial charge in [0.25, 0.3) is 0 Å². The van der Waals surface area contributed by atoms with Gasteiger partial charge in [0.1, 0.15) is 11.2 Å². The highest BCUT2D eigenvalue weighted by atomic mass is 16.6. The molecule has 19 heavy (non-hydrogen) atoms. The summed E-state index contributed by atoms with van der Waals surface area (Å²) in [5, 5.41) is 21.5. The van der Waals surface area contributed by atoms with Crippen LogP contribution < -0.4 is 0 Å². The zero-order valence-electron chi connectivity index (χ0n) is 11.6. The number of carbonyl (C=O) groups is 1. The third-order valence-electron chi connectivity index (χ3n) is 5.52. The second-order valence-corrected chi connectivity index (χ2v) is 7.12. The summed E-state index contributed by atoms with van der Waals surface area (Å²) in [5.74, 6) is -0.0680. The monoisotopic (exact) mass is 266 g/mol. The van der Waals surface area contributed by atoms with Crippen LogP contribution in [-0.2, 0) is 9.53 Å². The fourth-order valence-electron chi connectivity index (χ4n) is 4.68. The zero-order valence-corrected chi connectivity index (χ0v) is 11.6. The molecular formula is C15H22O4. The lowest BCUT2D eigenvalue weighted by Gasteiger charge is -2.65. The highest BCUT2D eigenvalue weighted by Gasteiger charge is 2.69. The Balaban J connectivity index is 1.94. The first-order chi connectivity index (χ1) is 8.67. The van der Waals surface area contributed by atoms with Gasteiger partial charge in [-0.05, 0) is 45.4 Å². The van der Waals surface area contributed by atoms with E-state index in [1.807, 2.05) is 6.92 Å². The molecule has 0 amide bonds. The van der Waals surface area contributed by atoms with Gasteiger partial charge in [-0.3, -0.25) is 0 Å². The van der Waals surface area contributed by atoms with Crippen LogP contribution in [0.5, 0.6) is 0 Å². The molecule has 0 heterocycles. The minimum atomic E-state index is -1.10. The lowest BCUT2D eigenvalue weighted by Crippen LogP contribution is -2.73. The largest absolute Gasteiger partial charge is 0.453 e. The van der Waals surface area contributed by atoms with E-state index in [9.17, 15) is 15.0 Å². The fourth-order valence-corrected chi connectivity index (χ4v) is 4.68. The van der Waals surface area contributed by atoms with E-state index in [0.717, 1.165) is 12.8 Å². The molecule has 2 N–H and O–H groups in total. The van der Waals surface area contributed by atoms with E-state index in [1.165, 1.54) is 0 Å². The molecule has 0 aromatic heterocycles. The zero-order chi connectivity index (χ0) is 14.1. The first kappa shape index (κ1) is 13.1. The van der Waals surface area contributed by atoms with E-state index in [0.29, 0.717) is 30.8 Å². The summed E-state index contributed by atoms with van der Waals surface area (Å²) in [4.78, 5) is 11.9. The first-order valence-electron chi connectivity index (χ1n) is 7.01. The molecule has 5 atom stereocenters. The van der Waals surface area contributed by atoms with Gasteiger partial charge in [0.05, 0.1) is 5.60 Å². The third-order valence-corrected chi connectivity index (χ3v) is 5.52. The Bertz CT molecular complexity index is 459. The minimum Gasteiger partial charge on any atom is -0.453 e. The Hall–Kier alpha value is -0.870. The lowest BCUT2D eigenvalue weighted by atomic mass is 9.46. The molecule has 0 aliphatic heterocycles. The van der Waals surface area contributed by atoms with Crippen LogP contribution >= 0.6 is 0 Å². The average Bonchev–Trinajstić information content (AvgIpc) is 2.23. The summed E-state index contributed by atoms with van der Waals surface area (Å²) in [6.07, 6.45) is 3.24. The molecule has 4 bridgehead atoms. The Morgan fingerprint density at radius 2 is 2.00 bits per heavy atom. The topological polar surface area (TPSA) is 66.8 Å². The molecule has 0 aromatic carbocycles. The van der Waals surface area contributed by atoms with Gasteiger partial charge in [-0.2, -0.15) is 0 Å². The standard InChI is InChI=1S/C15H22O4/c1-9(2)12(16)19-13(3)11-4-10-5-14(17,7-11)8-15(13,18)6-10/h10-11,17-18H,1,4-8H2,2-3H3. The Morgan fingerprint density at radius 1 is 1.32 bits per heavy atom. The molecular weight excluding hydrogens is 244 g/mol. The van der Waals surface area contributed by atoms with Gasteiger partial charge in [0, 0.05) is 17.9 Å². The Labute approximate surface area is 113 Å². The second kappa shape index (κ2) is 3.61. The summed E-state index contributed by atoms with van der Waals surface area (Å²) in [6, 6.07) is 0. The van der Waals surface area contributed by atoms with Crippen LogP contribution in [0, 0.1) is 11.8 Å². The molecule has 0 radical (unpaired) electrons. The molecule has 106 valence electrons. The maximum atomic E-state index is 11.9. The molecule has 4 saturated carbocycles. The van der Waals surface area contributed by atoms with Gasteiger partial charge in [0.15, 0.2) is 0 Å². The van der Waals surface area contributed by atoms with Crippen molar-refractivity contribution in [2.45, 2.75) is 62.8 Å². The van der Waals surface area contributed by atoms with Gasteiger partial charge in [0.2, 0.25) is 0 Å².